The van der Waals surface area contributed by atoms with Gasteiger partial charge >= 0.3 is 6.03 Å². The topological polar surface area (TPSA) is 44.8 Å². The van der Waals surface area contributed by atoms with Gasteiger partial charge in [-0.3, -0.25) is 0 Å². The highest BCUT2D eigenvalue weighted by molar-refractivity contribution is 5.74. The Bertz CT molecular complexity index is 558. The number of urea groups is 1. The molecule has 0 saturated carbocycles. The van der Waals surface area contributed by atoms with Crippen molar-refractivity contribution in [2.75, 3.05) is 53.0 Å². The molecule has 0 radical (unpaired) electrons. The summed E-state index contributed by atoms with van der Waals surface area (Å²) in [4.78, 5) is 16.9. The van der Waals surface area contributed by atoms with Crippen LogP contribution in [0.1, 0.15) is 31.2 Å². The largest absolute Gasteiger partial charge is 0.383 e. The van der Waals surface area contributed by atoms with E-state index in [0.717, 1.165) is 71.1 Å². The molecule has 1 aromatic carbocycles. The molecular formula is C22H35N3O2. The molecule has 2 amide bonds. The van der Waals surface area contributed by atoms with Gasteiger partial charge in [0.25, 0.3) is 0 Å². The number of aryl methyl sites for hydroxylation is 1. The number of methoxy groups -OCH3 is 1. The minimum atomic E-state index is 0.131. The number of rotatable bonds is 8. The Kier molecular flexibility index (Phi) is 7.96. The van der Waals surface area contributed by atoms with Crippen molar-refractivity contribution in [2.24, 2.45) is 11.8 Å². The van der Waals surface area contributed by atoms with E-state index < -0.39 is 0 Å². The number of piperidine rings is 1. The molecular weight excluding hydrogens is 338 g/mol. The van der Waals surface area contributed by atoms with Crippen molar-refractivity contribution in [1.82, 2.24) is 15.1 Å². The average molecular weight is 374 g/mol. The quantitative estimate of drug-likeness (QED) is 0.762. The van der Waals surface area contributed by atoms with E-state index in [2.05, 4.69) is 40.5 Å². The summed E-state index contributed by atoms with van der Waals surface area (Å²) in [6.07, 6.45) is 5.83. The Balaban J connectivity index is 1.29. The van der Waals surface area contributed by atoms with E-state index >= 15 is 0 Å². The predicted octanol–water partition coefficient (Wildman–Crippen LogP) is 3.01. The summed E-state index contributed by atoms with van der Waals surface area (Å²) in [5.41, 5.74) is 1.42. The van der Waals surface area contributed by atoms with E-state index in [9.17, 15) is 4.79 Å². The standard InChI is InChI=1S/C22H35N3O2/c1-27-16-15-24-12-9-21(18-24)17-23-22(26)25-13-10-20(11-14-25)8-7-19-5-3-2-4-6-19/h2-6,20-21H,7-18H2,1H3,(H,23,26)/t21-/m0/s1. The second-order valence-corrected chi connectivity index (χ2v) is 8.09. The lowest BCUT2D eigenvalue weighted by Crippen LogP contribution is -2.46. The molecule has 5 heteroatoms. The van der Waals surface area contributed by atoms with Gasteiger partial charge in [0.15, 0.2) is 0 Å². The Labute approximate surface area is 164 Å². The van der Waals surface area contributed by atoms with Gasteiger partial charge in [-0.05, 0) is 56.0 Å². The van der Waals surface area contributed by atoms with Crippen LogP contribution in [0.3, 0.4) is 0 Å². The number of carbonyl (C=O) groups is 1. The molecule has 2 aliphatic heterocycles. The maximum absolute atomic E-state index is 12.5. The first-order valence-electron chi connectivity index (χ1n) is 10.5. The lowest BCUT2D eigenvalue weighted by Gasteiger charge is -2.32. The van der Waals surface area contributed by atoms with Crippen LogP contribution in [0.5, 0.6) is 0 Å². The average Bonchev–Trinajstić information content (AvgIpc) is 3.18. The molecule has 0 spiro atoms. The van der Waals surface area contributed by atoms with Crippen LogP contribution in [0.15, 0.2) is 30.3 Å². The van der Waals surface area contributed by atoms with Crippen LogP contribution in [-0.2, 0) is 11.2 Å². The fraction of sp³-hybridized carbons (Fsp3) is 0.682. The SMILES string of the molecule is COCCN1CC[C@@H](CNC(=O)N2CCC(CCc3ccccc3)CC2)C1. The van der Waals surface area contributed by atoms with Gasteiger partial charge in [0.05, 0.1) is 6.61 Å². The van der Waals surface area contributed by atoms with Crippen LogP contribution >= 0.6 is 0 Å². The minimum absolute atomic E-state index is 0.131. The second kappa shape index (κ2) is 10.7. The molecule has 0 bridgehead atoms. The van der Waals surface area contributed by atoms with Crippen molar-refractivity contribution in [3.8, 4) is 0 Å². The monoisotopic (exact) mass is 373 g/mol. The molecule has 2 saturated heterocycles. The van der Waals surface area contributed by atoms with Crippen LogP contribution in [0.2, 0.25) is 0 Å². The summed E-state index contributed by atoms with van der Waals surface area (Å²) >= 11 is 0. The van der Waals surface area contributed by atoms with Crippen molar-refractivity contribution in [1.29, 1.82) is 0 Å². The summed E-state index contributed by atoms with van der Waals surface area (Å²) in [6, 6.07) is 10.9. The maximum Gasteiger partial charge on any atom is 0.317 e. The molecule has 1 N–H and O–H groups in total. The Morgan fingerprint density at radius 3 is 2.59 bits per heavy atom. The predicted molar refractivity (Wildman–Crippen MR) is 109 cm³/mol. The highest BCUT2D eigenvalue weighted by Crippen LogP contribution is 2.22. The fourth-order valence-electron chi connectivity index (χ4n) is 4.29. The van der Waals surface area contributed by atoms with Crippen LogP contribution in [0.25, 0.3) is 0 Å². The number of ether oxygens (including phenoxy) is 1. The molecule has 2 heterocycles. The number of hydrogen-bond acceptors (Lipinski definition) is 3. The van der Waals surface area contributed by atoms with Gasteiger partial charge in [0.1, 0.15) is 0 Å². The van der Waals surface area contributed by atoms with Crippen molar-refractivity contribution in [2.45, 2.75) is 32.1 Å². The van der Waals surface area contributed by atoms with Crippen molar-refractivity contribution in [3.05, 3.63) is 35.9 Å². The third kappa shape index (κ3) is 6.51. The van der Waals surface area contributed by atoms with Crippen LogP contribution in [-0.4, -0.2) is 68.8 Å². The van der Waals surface area contributed by atoms with E-state index in [1.165, 1.54) is 18.4 Å². The van der Waals surface area contributed by atoms with Gasteiger partial charge in [-0.25, -0.2) is 4.79 Å². The summed E-state index contributed by atoms with van der Waals surface area (Å²) in [5.74, 6) is 1.33. The number of carbonyl (C=O) groups excluding carboxylic acids is 1. The van der Waals surface area contributed by atoms with Crippen LogP contribution in [0.4, 0.5) is 4.79 Å². The van der Waals surface area contributed by atoms with Gasteiger partial charge < -0.3 is 19.9 Å². The summed E-state index contributed by atoms with van der Waals surface area (Å²) < 4.78 is 5.15. The Morgan fingerprint density at radius 2 is 1.85 bits per heavy atom. The summed E-state index contributed by atoms with van der Waals surface area (Å²) in [6.45, 7) is 6.58. The highest BCUT2D eigenvalue weighted by Gasteiger charge is 2.25. The van der Waals surface area contributed by atoms with Gasteiger partial charge in [-0.15, -0.1) is 0 Å². The zero-order valence-electron chi connectivity index (χ0n) is 16.7. The normalized spacial score (nSPS) is 21.5. The minimum Gasteiger partial charge on any atom is -0.383 e. The number of benzene rings is 1. The summed E-state index contributed by atoms with van der Waals surface area (Å²) in [5, 5.41) is 3.17. The molecule has 0 aromatic heterocycles. The third-order valence-electron chi connectivity index (χ3n) is 6.11. The van der Waals surface area contributed by atoms with Gasteiger partial charge in [-0.2, -0.15) is 0 Å². The van der Waals surface area contributed by atoms with E-state index in [4.69, 9.17) is 4.74 Å². The second-order valence-electron chi connectivity index (χ2n) is 8.09. The molecule has 150 valence electrons. The van der Waals surface area contributed by atoms with Gasteiger partial charge in [-0.1, -0.05) is 30.3 Å². The number of nitrogens with one attached hydrogen (secondary N) is 1. The number of likely N-dealkylation sites (tertiary alicyclic amines) is 2. The third-order valence-corrected chi connectivity index (χ3v) is 6.11. The number of hydrogen-bond donors (Lipinski definition) is 1. The maximum atomic E-state index is 12.5. The first-order valence-corrected chi connectivity index (χ1v) is 10.5. The molecule has 1 aromatic rings. The van der Waals surface area contributed by atoms with Gasteiger partial charge in [0.2, 0.25) is 0 Å². The van der Waals surface area contributed by atoms with Crippen molar-refractivity contribution >= 4 is 6.03 Å². The smallest absolute Gasteiger partial charge is 0.317 e. The zero-order valence-corrected chi connectivity index (χ0v) is 16.7. The highest BCUT2D eigenvalue weighted by atomic mass is 16.5. The zero-order chi connectivity index (χ0) is 18.9. The lowest BCUT2D eigenvalue weighted by molar-refractivity contribution is 0.157. The first-order chi connectivity index (χ1) is 13.2. The van der Waals surface area contributed by atoms with Gasteiger partial charge in [0, 0.05) is 39.8 Å². The molecule has 0 aliphatic carbocycles. The lowest BCUT2D eigenvalue weighted by atomic mass is 9.90. The van der Waals surface area contributed by atoms with Crippen LogP contribution < -0.4 is 5.32 Å². The van der Waals surface area contributed by atoms with Crippen LogP contribution in [0, 0.1) is 11.8 Å². The first kappa shape index (κ1) is 20.2. The molecule has 2 aliphatic rings. The Morgan fingerprint density at radius 1 is 1.11 bits per heavy atom. The van der Waals surface area contributed by atoms with E-state index in [-0.39, 0.29) is 6.03 Å². The van der Waals surface area contributed by atoms with Crippen molar-refractivity contribution in [3.63, 3.8) is 0 Å². The molecule has 0 unspecified atom stereocenters. The number of amides is 2. The molecule has 27 heavy (non-hydrogen) atoms. The van der Waals surface area contributed by atoms with E-state index in [0.29, 0.717) is 5.92 Å². The van der Waals surface area contributed by atoms with E-state index in [1.54, 1.807) is 7.11 Å². The Hall–Kier alpha value is -1.59. The van der Waals surface area contributed by atoms with E-state index in [1.807, 2.05) is 4.90 Å². The molecule has 2 fully saturated rings. The fourth-order valence-corrected chi connectivity index (χ4v) is 4.29. The molecule has 1 atom stereocenters. The summed E-state index contributed by atoms with van der Waals surface area (Å²) in [7, 11) is 1.75. The van der Waals surface area contributed by atoms with Crippen molar-refractivity contribution < 1.29 is 9.53 Å². The molecule has 5 nitrogen and oxygen atoms in total. The number of nitrogens with zero attached hydrogens (tertiary/aromatic N) is 2. The molecule has 3 rings (SSSR count).